The first kappa shape index (κ1) is 24.3. The van der Waals surface area contributed by atoms with Gasteiger partial charge in [-0.15, -0.1) is 0 Å². The van der Waals surface area contributed by atoms with Crippen LogP contribution in [0, 0.1) is 0 Å². The first-order valence-electron chi connectivity index (χ1n) is 9.82. The number of esters is 1. The predicted octanol–water partition coefficient (Wildman–Crippen LogP) is 0.910. The van der Waals surface area contributed by atoms with Crippen LogP contribution in [0.5, 0.6) is 0 Å². The number of sulfone groups is 1. The minimum Gasteiger partial charge on any atom is -0.452 e. The fourth-order valence-electron chi connectivity index (χ4n) is 3.45. The van der Waals surface area contributed by atoms with Crippen molar-refractivity contribution in [3.05, 3.63) is 29.8 Å². The standard InChI is InChI=1S/C19H28N2O7S2/c1-4-20(5-2)30(26,27)17-9-7-8-15(12-17)19(23)28-13-18(22)21(6-3)16-10-11-29(24,25)14-16/h7-9,12,16H,4-6,10-11,13-14H2,1-3H3/t16-/m1/s1. The van der Waals surface area contributed by atoms with Crippen molar-refractivity contribution in [3.63, 3.8) is 0 Å². The predicted molar refractivity (Wildman–Crippen MR) is 111 cm³/mol. The normalized spacial score (nSPS) is 18.3. The molecule has 1 amide bonds. The molecule has 1 heterocycles. The summed E-state index contributed by atoms with van der Waals surface area (Å²) in [5.41, 5.74) is 0.0162. The van der Waals surface area contributed by atoms with E-state index in [9.17, 15) is 26.4 Å². The Labute approximate surface area is 178 Å². The Kier molecular flexibility index (Phi) is 8.00. The molecule has 1 aromatic rings. The van der Waals surface area contributed by atoms with Gasteiger partial charge in [-0.05, 0) is 31.5 Å². The average molecular weight is 461 g/mol. The second kappa shape index (κ2) is 9.88. The van der Waals surface area contributed by atoms with E-state index in [1.165, 1.54) is 33.5 Å². The van der Waals surface area contributed by atoms with Gasteiger partial charge < -0.3 is 9.64 Å². The second-order valence-electron chi connectivity index (χ2n) is 6.93. The lowest BCUT2D eigenvalue weighted by molar-refractivity contribution is -0.136. The number of nitrogens with zero attached hydrogens (tertiary/aromatic N) is 2. The monoisotopic (exact) mass is 460 g/mol. The number of likely N-dealkylation sites (N-methyl/N-ethyl adjacent to an activating group) is 1. The highest BCUT2D eigenvalue weighted by molar-refractivity contribution is 7.91. The maximum absolute atomic E-state index is 12.6. The third-order valence-electron chi connectivity index (χ3n) is 5.05. The van der Waals surface area contributed by atoms with Crippen LogP contribution in [0.2, 0.25) is 0 Å². The molecule has 0 radical (unpaired) electrons. The van der Waals surface area contributed by atoms with Crippen LogP contribution in [0.15, 0.2) is 29.2 Å². The van der Waals surface area contributed by atoms with E-state index >= 15 is 0 Å². The number of benzene rings is 1. The van der Waals surface area contributed by atoms with Crippen LogP contribution in [0.3, 0.4) is 0 Å². The van der Waals surface area contributed by atoms with Crippen molar-refractivity contribution < 1.29 is 31.2 Å². The SMILES string of the molecule is CCN(C(=O)COC(=O)c1cccc(S(=O)(=O)N(CC)CC)c1)[C@@H]1CCS(=O)(=O)C1. The number of rotatable bonds is 9. The van der Waals surface area contributed by atoms with Crippen LogP contribution < -0.4 is 0 Å². The maximum atomic E-state index is 12.6. The highest BCUT2D eigenvalue weighted by atomic mass is 32.2. The van der Waals surface area contributed by atoms with Crippen molar-refractivity contribution in [2.45, 2.75) is 38.1 Å². The van der Waals surface area contributed by atoms with Crippen molar-refractivity contribution >= 4 is 31.7 Å². The Hall–Kier alpha value is -1.98. The number of hydrogen-bond donors (Lipinski definition) is 0. The largest absolute Gasteiger partial charge is 0.452 e. The third kappa shape index (κ3) is 5.58. The molecule has 1 aromatic carbocycles. The molecular formula is C19H28N2O7S2. The van der Waals surface area contributed by atoms with E-state index in [0.717, 1.165) is 0 Å². The molecule has 2 rings (SSSR count). The smallest absolute Gasteiger partial charge is 0.338 e. The summed E-state index contributed by atoms with van der Waals surface area (Å²) in [6.45, 7) is 5.52. The fourth-order valence-corrected chi connectivity index (χ4v) is 6.68. The van der Waals surface area contributed by atoms with Gasteiger partial charge in [0.1, 0.15) is 0 Å². The Morgan fingerprint density at radius 3 is 2.33 bits per heavy atom. The summed E-state index contributed by atoms with van der Waals surface area (Å²) in [7, 11) is -6.89. The van der Waals surface area contributed by atoms with Gasteiger partial charge in [-0.25, -0.2) is 21.6 Å². The highest BCUT2D eigenvalue weighted by Gasteiger charge is 2.34. The highest BCUT2D eigenvalue weighted by Crippen LogP contribution is 2.19. The molecule has 1 atom stereocenters. The van der Waals surface area contributed by atoms with Gasteiger partial charge >= 0.3 is 5.97 Å². The summed E-state index contributed by atoms with van der Waals surface area (Å²) >= 11 is 0. The van der Waals surface area contributed by atoms with E-state index in [1.807, 2.05) is 0 Å². The van der Waals surface area contributed by atoms with Gasteiger partial charge in [0.15, 0.2) is 16.4 Å². The summed E-state index contributed by atoms with van der Waals surface area (Å²) in [6, 6.07) is 5.05. The average Bonchev–Trinajstić information content (AvgIpc) is 3.06. The molecule has 0 saturated carbocycles. The molecule has 168 valence electrons. The lowest BCUT2D eigenvalue weighted by atomic mass is 10.2. The quantitative estimate of drug-likeness (QED) is 0.503. The first-order valence-corrected chi connectivity index (χ1v) is 13.1. The van der Waals surface area contributed by atoms with Gasteiger partial charge in [0, 0.05) is 25.7 Å². The summed E-state index contributed by atoms with van der Waals surface area (Å²) in [5, 5.41) is 0. The summed E-state index contributed by atoms with van der Waals surface area (Å²) in [5.74, 6) is -1.37. The molecular weight excluding hydrogens is 432 g/mol. The Bertz CT molecular complexity index is 986. The van der Waals surface area contributed by atoms with Gasteiger partial charge in [0.05, 0.1) is 22.0 Å². The third-order valence-corrected chi connectivity index (χ3v) is 8.85. The molecule has 0 aromatic heterocycles. The van der Waals surface area contributed by atoms with E-state index in [-0.39, 0.29) is 22.0 Å². The van der Waals surface area contributed by atoms with E-state index in [0.29, 0.717) is 26.1 Å². The second-order valence-corrected chi connectivity index (χ2v) is 11.1. The zero-order valence-corrected chi connectivity index (χ0v) is 19.0. The molecule has 0 spiro atoms. The van der Waals surface area contributed by atoms with Crippen LogP contribution in [0.4, 0.5) is 0 Å². The van der Waals surface area contributed by atoms with Gasteiger partial charge in [0.2, 0.25) is 10.0 Å². The van der Waals surface area contributed by atoms with Crippen molar-refractivity contribution in [2.75, 3.05) is 37.7 Å². The molecule has 1 aliphatic heterocycles. The number of amides is 1. The Balaban J connectivity index is 2.07. The topological polar surface area (TPSA) is 118 Å². The van der Waals surface area contributed by atoms with Gasteiger partial charge in [-0.3, -0.25) is 4.79 Å². The fraction of sp³-hybridized carbons (Fsp3) is 0.579. The molecule has 0 bridgehead atoms. The summed E-state index contributed by atoms with van der Waals surface area (Å²) in [6.07, 6.45) is 0.362. The van der Waals surface area contributed by atoms with Crippen molar-refractivity contribution in [2.24, 2.45) is 0 Å². The zero-order chi connectivity index (χ0) is 22.5. The number of ether oxygens (including phenoxy) is 1. The molecule has 9 nitrogen and oxygen atoms in total. The zero-order valence-electron chi connectivity index (χ0n) is 17.4. The minimum absolute atomic E-state index is 0.0162. The molecule has 0 aliphatic carbocycles. The minimum atomic E-state index is -3.73. The van der Waals surface area contributed by atoms with Crippen LogP contribution in [0.1, 0.15) is 37.6 Å². The Morgan fingerprint density at radius 2 is 1.80 bits per heavy atom. The van der Waals surface area contributed by atoms with Crippen molar-refractivity contribution in [1.82, 2.24) is 9.21 Å². The lowest BCUT2D eigenvalue weighted by Gasteiger charge is -2.26. The van der Waals surface area contributed by atoms with Crippen molar-refractivity contribution in [3.8, 4) is 0 Å². The van der Waals surface area contributed by atoms with Crippen LogP contribution in [-0.2, 0) is 29.4 Å². The molecule has 1 fully saturated rings. The molecule has 30 heavy (non-hydrogen) atoms. The lowest BCUT2D eigenvalue weighted by Crippen LogP contribution is -2.43. The van der Waals surface area contributed by atoms with Crippen LogP contribution in [-0.4, -0.2) is 81.7 Å². The van der Waals surface area contributed by atoms with E-state index in [4.69, 9.17) is 4.74 Å². The number of carbonyl (C=O) groups excluding carboxylic acids is 2. The molecule has 0 unspecified atom stereocenters. The van der Waals surface area contributed by atoms with E-state index in [1.54, 1.807) is 20.8 Å². The van der Waals surface area contributed by atoms with Gasteiger partial charge in [-0.1, -0.05) is 19.9 Å². The maximum Gasteiger partial charge on any atom is 0.338 e. The first-order chi connectivity index (χ1) is 14.1. The summed E-state index contributed by atoms with van der Waals surface area (Å²) in [4.78, 5) is 26.2. The number of hydrogen-bond acceptors (Lipinski definition) is 7. The van der Waals surface area contributed by atoms with Crippen molar-refractivity contribution in [1.29, 1.82) is 0 Å². The van der Waals surface area contributed by atoms with E-state index < -0.39 is 44.4 Å². The van der Waals surface area contributed by atoms with Crippen LogP contribution >= 0.6 is 0 Å². The molecule has 0 N–H and O–H groups in total. The van der Waals surface area contributed by atoms with Crippen LogP contribution in [0.25, 0.3) is 0 Å². The molecule has 11 heteroatoms. The molecule has 1 saturated heterocycles. The van der Waals surface area contributed by atoms with E-state index in [2.05, 4.69) is 0 Å². The molecule has 1 aliphatic rings. The summed E-state index contributed by atoms with van der Waals surface area (Å²) < 4.78 is 54.9. The Morgan fingerprint density at radius 1 is 1.13 bits per heavy atom. The number of carbonyl (C=O) groups is 2. The van der Waals surface area contributed by atoms with Gasteiger partial charge in [-0.2, -0.15) is 4.31 Å². The number of sulfonamides is 1. The van der Waals surface area contributed by atoms with Gasteiger partial charge in [0.25, 0.3) is 5.91 Å².